The molecule has 88 valence electrons. The van der Waals surface area contributed by atoms with E-state index < -0.39 is 11.5 Å². The summed E-state index contributed by atoms with van der Waals surface area (Å²) in [7, 11) is 0. The Morgan fingerprint density at radius 1 is 1.47 bits per heavy atom. The second-order valence-corrected chi connectivity index (χ2v) is 4.96. The van der Waals surface area contributed by atoms with Gasteiger partial charge in [-0.1, -0.05) is 13.8 Å². The summed E-state index contributed by atoms with van der Waals surface area (Å²) in [6, 6.07) is 0.445. The van der Waals surface area contributed by atoms with E-state index in [1.165, 1.54) is 12.8 Å². The molecule has 0 saturated heterocycles. The van der Waals surface area contributed by atoms with E-state index in [9.17, 15) is 9.90 Å². The van der Waals surface area contributed by atoms with Crippen molar-refractivity contribution in [2.24, 2.45) is 5.92 Å². The average molecular weight is 213 g/mol. The molecule has 1 rings (SSSR count). The molecule has 0 aromatic rings. The molecule has 0 spiro atoms. The van der Waals surface area contributed by atoms with Crippen molar-refractivity contribution in [3.8, 4) is 0 Å². The van der Waals surface area contributed by atoms with E-state index in [4.69, 9.17) is 0 Å². The molecule has 0 bridgehead atoms. The molecule has 1 aliphatic rings. The normalized spacial score (nSPS) is 19.3. The van der Waals surface area contributed by atoms with Gasteiger partial charge < -0.3 is 5.11 Å². The molecule has 0 aromatic heterocycles. The van der Waals surface area contributed by atoms with Gasteiger partial charge in [0, 0.05) is 6.04 Å². The number of carboxylic acids is 1. The summed E-state index contributed by atoms with van der Waals surface area (Å²) in [6.07, 6.45) is 3.59. The van der Waals surface area contributed by atoms with E-state index in [-0.39, 0.29) is 0 Å². The SMILES string of the molecule is CCC(C1CC1)N(CC)C(C)(C)C(=O)O. The Labute approximate surface area is 92.5 Å². The largest absolute Gasteiger partial charge is 0.480 e. The van der Waals surface area contributed by atoms with Crippen LogP contribution >= 0.6 is 0 Å². The number of rotatable bonds is 6. The Hall–Kier alpha value is -0.570. The second-order valence-electron chi connectivity index (χ2n) is 4.96. The highest BCUT2D eigenvalue weighted by Crippen LogP contribution is 2.39. The number of aliphatic carboxylic acids is 1. The molecule has 0 heterocycles. The number of carbonyl (C=O) groups is 1. The highest BCUT2D eigenvalue weighted by molar-refractivity contribution is 5.77. The maximum atomic E-state index is 11.2. The van der Waals surface area contributed by atoms with Crippen molar-refractivity contribution < 1.29 is 9.90 Å². The Morgan fingerprint density at radius 3 is 2.27 bits per heavy atom. The minimum Gasteiger partial charge on any atom is -0.480 e. The molecule has 0 radical (unpaired) electrons. The van der Waals surface area contributed by atoms with E-state index in [2.05, 4.69) is 18.7 Å². The molecule has 3 heteroatoms. The van der Waals surface area contributed by atoms with Gasteiger partial charge >= 0.3 is 5.97 Å². The number of hydrogen-bond donors (Lipinski definition) is 1. The number of hydrogen-bond acceptors (Lipinski definition) is 2. The van der Waals surface area contributed by atoms with Gasteiger partial charge in [-0.3, -0.25) is 9.69 Å². The van der Waals surface area contributed by atoms with Gasteiger partial charge in [0.15, 0.2) is 0 Å². The summed E-state index contributed by atoms with van der Waals surface area (Å²) in [5, 5.41) is 9.25. The summed E-state index contributed by atoms with van der Waals surface area (Å²) < 4.78 is 0. The van der Waals surface area contributed by atoms with Crippen LogP contribution in [0.4, 0.5) is 0 Å². The van der Waals surface area contributed by atoms with Crippen LogP contribution in [0.5, 0.6) is 0 Å². The Morgan fingerprint density at radius 2 is 2.00 bits per heavy atom. The molecule has 1 N–H and O–H groups in total. The monoisotopic (exact) mass is 213 g/mol. The van der Waals surface area contributed by atoms with Gasteiger partial charge in [0.1, 0.15) is 5.54 Å². The van der Waals surface area contributed by atoms with Gasteiger partial charge in [-0.05, 0) is 45.6 Å². The van der Waals surface area contributed by atoms with Crippen molar-refractivity contribution in [3.05, 3.63) is 0 Å². The molecule has 1 unspecified atom stereocenters. The van der Waals surface area contributed by atoms with E-state index in [1.807, 2.05) is 13.8 Å². The predicted octanol–water partition coefficient (Wildman–Crippen LogP) is 2.36. The highest BCUT2D eigenvalue weighted by atomic mass is 16.4. The fraction of sp³-hybridized carbons (Fsp3) is 0.917. The van der Waals surface area contributed by atoms with Gasteiger partial charge in [0.05, 0.1) is 0 Å². The summed E-state index contributed by atoms with van der Waals surface area (Å²) in [6.45, 7) is 8.64. The van der Waals surface area contributed by atoms with Gasteiger partial charge in [-0.15, -0.1) is 0 Å². The summed E-state index contributed by atoms with van der Waals surface area (Å²) in [5.41, 5.74) is -0.738. The first-order valence-electron chi connectivity index (χ1n) is 5.95. The lowest BCUT2D eigenvalue weighted by Gasteiger charge is -2.40. The minimum absolute atomic E-state index is 0.445. The van der Waals surface area contributed by atoms with Crippen molar-refractivity contribution in [1.82, 2.24) is 4.90 Å². The third-order valence-electron chi connectivity index (χ3n) is 3.57. The van der Waals surface area contributed by atoms with Crippen LogP contribution in [-0.4, -0.2) is 34.1 Å². The lowest BCUT2D eigenvalue weighted by atomic mass is 9.97. The molecule has 1 aliphatic carbocycles. The number of likely N-dealkylation sites (N-methyl/N-ethyl adjacent to an activating group) is 1. The van der Waals surface area contributed by atoms with Crippen molar-refractivity contribution in [2.75, 3.05) is 6.54 Å². The van der Waals surface area contributed by atoms with E-state index >= 15 is 0 Å². The fourth-order valence-electron chi connectivity index (χ4n) is 2.46. The van der Waals surface area contributed by atoms with Crippen LogP contribution in [-0.2, 0) is 4.79 Å². The fourth-order valence-corrected chi connectivity index (χ4v) is 2.46. The van der Waals surface area contributed by atoms with Gasteiger partial charge in [0.25, 0.3) is 0 Å². The molecule has 0 amide bonds. The van der Waals surface area contributed by atoms with E-state index in [1.54, 1.807) is 0 Å². The van der Waals surface area contributed by atoms with Crippen LogP contribution in [0.3, 0.4) is 0 Å². The van der Waals surface area contributed by atoms with Gasteiger partial charge in [-0.2, -0.15) is 0 Å². The third kappa shape index (κ3) is 2.51. The third-order valence-corrected chi connectivity index (χ3v) is 3.57. The molecular weight excluding hydrogens is 190 g/mol. The lowest BCUT2D eigenvalue weighted by Crippen LogP contribution is -2.55. The average Bonchev–Trinajstić information content (AvgIpc) is 2.96. The maximum Gasteiger partial charge on any atom is 0.323 e. The summed E-state index contributed by atoms with van der Waals surface area (Å²) in [5.74, 6) is 0.0111. The zero-order valence-corrected chi connectivity index (χ0v) is 10.3. The van der Waals surface area contributed by atoms with Crippen LogP contribution in [0, 0.1) is 5.92 Å². The first kappa shape index (κ1) is 12.5. The van der Waals surface area contributed by atoms with Crippen molar-refractivity contribution in [1.29, 1.82) is 0 Å². The molecule has 1 saturated carbocycles. The van der Waals surface area contributed by atoms with Gasteiger partial charge in [0.2, 0.25) is 0 Å². The van der Waals surface area contributed by atoms with E-state index in [0.717, 1.165) is 18.9 Å². The zero-order valence-electron chi connectivity index (χ0n) is 10.3. The molecular formula is C12H23NO2. The first-order chi connectivity index (χ1) is 6.95. The second kappa shape index (κ2) is 4.52. The van der Waals surface area contributed by atoms with Gasteiger partial charge in [-0.25, -0.2) is 0 Å². The van der Waals surface area contributed by atoms with E-state index in [0.29, 0.717) is 6.04 Å². The van der Waals surface area contributed by atoms with Crippen LogP contribution in [0.25, 0.3) is 0 Å². The van der Waals surface area contributed by atoms with Crippen LogP contribution in [0.2, 0.25) is 0 Å². The smallest absolute Gasteiger partial charge is 0.323 e. The Bertz CT molecular complexity index is 234. The van der Waals surface area contributed by atoms with Crippen LogP contribution < -0.4 is 0 Å². The lowest BCUT2D eigenvalue weighted by molar-refractivity contribution is -0.151. The topological polar surface area (TPSA) is 40.5 Å². The quantitative estimate of drug-likeness (QED) is 0.736. The van der Waals surface area contributed by atoms with Crippen molar-refractivity contribution in [2.45, 2.75) is 58.5 Å². The molecule has 3 nitrogen and oxygen atoms in total. The zero-order chi connectivity index (χ0) is 11.6. The maximum absolute atomic E-state index is 11.2. The molecule has 0 aromatic carbocycles. The molecule has 15 heavy (non-hydrogen) atoms. The molecule has 1 fully saturated rings. The number of carboxylic acid groups (broad SMARTS) is 1. The van der Waals surface area contributed by atoms with Crippen LogP contribution in [0.1, 0.15) is 47.0 Å². The summed E-state index contributed by atoms with van der Waals surface area (Å²) >= 11 is 0. The molecule has 1 atom stereocenters. The van der Waals surface area contributed by atoms with Crippen molar-refractivity contribution in [3.63, 3.8) is 0 Å². The van der Waals surface area contributed by atoms with Crippen LogP contribution in [0.15, 0.2) is 0 Å². The minimum atomic E-state index is -0.738. The first-order valence-corrected chi connectivity index (χ1v) is 5.95. The molecule has 0 aliphatic heterocycles. The Balaban J connectivity index is 2.80. The highest BCUT2D eigenvalue weighted by Gasteiger charge is 2.42. The number of nitrogens with zero attached hydrogens (tertiary/aromatic N) is 1. The predicted molar refractivity (Wildman–Crippen MR) is 60.9 cm³/mol. The van der Waals surface area contributed by atoms with Crippen molar-refractivity contribution >= 4 is 5.97 Å². The summed E-state index contributed by atoms with van der Waals surface area (Å²) in [4.78, 5) is 13.4. The Kier molecular flexibility index (Phi) is 3.77. The standard InChI is InChI=1S/C12H23NO2/c1-5-10(9-7-8-9)13(6-2)12(3,4)11(14)15/h9-10H,5-8H2,1-4H3,(H,14,15).